The van der Waals surface area contributed by atoms with Gasteiger partial charge in [0.2, 0.25) is 0 Å². The SMILES string of the molecule is OCC[C@H]1CN(Cc2cnn(-c3cccc(Cl)c3)c2)CCN1Cc1ccccc1. The molecule has 6 heteroatoms. The number of piperazine rings is 1. The van der Waals surface area contributed by atoms with E-state index < -0.39 is 0 Å². The summed E-state index contributed by atoms with van der Waals surface area (Å²) >= 11 is 6.10. The second-order valence-corrected chi connectivity index (χ2v) is 8.07. The van der Waals surface area contributed by atoms with Crippen LogP contribution in [0, 0.1) is 0 Å². The van der Waals surface area contributed by atoms with Crippen LogP contribution in [0.3, 0.4) is 0 Å². The van der Waals surface area contributed by atoms with Gasteiger partial charge >= 0.3 is 0 Å². The predicted molar refractivity (Wildman–Crippen MR) is 116 cm³/mol. The molecule has 1 fully saturated rings. The van der Waals surface area contributed by atoms with E-state index in [1.807, 2.05) is 35.1 Å². The maximum absolute atomic E-state index is 9.56. The summed E-state index contributed by atoms with van der Waals surface area (Å²) in [6.45, 7) is 4.99. The Kier molecular flexibility index (Phi) is 6.62. The molecule has 29 heavy (non-hydrogen) atoms. The zero-order valence-electron chi connectivity index (χ0n) is 16.5. The molecule has 1 aliphatic heterocycles. The van der Waals surface area contributed by atoms with Gasteiger partial charge < -0.3 is 5.11 Å². The van der Waals surface area contributed by atoms with Crippen LogP contribution in [0.4, 0.5) is 0 Å². The van der Waals surface area contributed by atoms with Crippen LogP contribution >= 0.6 is 11.6 Å². The van der Waals surface area contributed by atoms with E-state index in [0.29, 0.717) is 11.1 Å². The van der Waals surface area contributed by atoms with Crippen LogP contribution in [-0.2, 0) is 13.1 Å². The Labute approximate surface area is 177 Å². The summed E-state index contributed by atoms with van der Waals surface area (Å²) in [4.78, 5) is 4.96. The van der Waals surface area contributed by atoms with Gasteiger partial charge in [-0.1, -0.05) is 48.0 Å². The minimum atomic E-state index is 0.219. The minimum absolute atomic E-state index is 0.219. The highest BCUT2D eigenvalue weighted by molar-refractivity contribution is 6.30. The highest BCUT2D eigenvalue weighted by Crippen LogP contribution is 2.19. The summed E-state index contributed by atoms with van der Waals surface area (Å²) in [6, 6.07) is 18.7. The number of aromatic nitrogens is 2. The molecule has 0 radical (unpaired) electrons. The molecule has 4 rings (SSSR count). The first-order valence-electron chi connectivity index (χ1n) is 10.1. The summed E-state index contributed by atoms with van der Waals surface area (Å²) < 4.78 is 1.87. The van der Waals surface area contributed by atoms with Crippen molar-refractivity contribution in [3.05, 3.63) is 83.1 Å². The smallest absolute Gasteiger partial charge is 0.0660 e. The Morgan fingerprint density at radius 1 is 1.00 bits per heavy atom. The van der Waals surface area contributed by atoms with Crippen molar-refractivity contribution in [1.82, 2.24) is 19.6 Å². The van der Waals surface area contributed by atoms with E-state index in [-0.39, 0.29) is 6.61 Å². The summed E-state index contributed by atoms with van der Waals surface area (Å²) in [5, 5.41) is 14.8. The molecule has 0 saturated carbocycles. The number of halogens is 1. The third-order valence-electron chi connectivity index (χ3n) is 5.49. The maximum atomic E-state index is 9.56. The van der Waals surface area contributed by atoms with Crippen molar-refractivity contribution >= 4 is 11.6 Å². The van der Waals surface area contributed by atoms with Crippen LogP contribution in [0.5, 0.6) is 0 Å². The van der Waals surface area contributed by atoms with Crippen molar-refractivity contribution in [2.75, 3.05) is 26.2 Å². The zero-order chi connectivity index (χ0) is 20.1. The molecule has 0 amide bonds. The molecule has 0 spiro atoms. The molecule has 0 aliphatic carbocycles. The Morgan fingerprint density at radius 3 is 2.66 bits per heavy atom. The van der Waals surface area contributed by atoms with Gasteiger partial charge in [-0.25, -0.2) is 4.68 Å². The van der Waals surface area contributed by atoms with Gasteiger partial charge in [-0.15, -0.1) is 0 Å². The van der Waals surface area contributed by atoms with E-state index >= 15 is 0 Å². The van der Waals surface area contributed by atoms with Crippen molar-refractivity contribution in [1.29, 1.82) is 0 Å². The number of rotatable bonds is 7. The fraction of sp³-hybridized carbons (Fsp3) is 0.348. The average molecular weight is 411 g/mol. The largest absolute Gasteiger partial charge is 0.396 e. The highest BCUT2D eigenvalue weighted by atomic mass is 35.5. The zero-order valence-corrected chi connectivity index (χ0v) is 17.2. The monoisotopic (exact) mass is 410 g/mol. The standard InChI is InChI=1S/C23H27ClN4O/c24-21-7-4-8-22(13-21)28-17-20(14-25-28)15-26-10-11-27(23(18-26)9-12-29)16-19-5-2-1-3-6-19/h1-8,13-14,17,23,29H,9-12,15-16,18H2/t23-/m0/s1. The molecule has 1 atom stereocenters. The summed E-state index contributed by atoms with van der Waals surface area (Å²) in [6.07, 6.45) is 4.80. The van der Waals surface area contributed by atoms with Gasteiger partial charge in [-0.3, -0.25) is 9.80 Å². The third-order valence-corrected chi connectivity index (χ3v) is 5.73. The Balaban J connectivity index is 1.39. The fourth-order valence-electron chi connectivity index (χ4n) is 4.01. The second kappa shape index (κ2) is 9.55. The molecule has 1 aromatic heterocycles. The lowest BCUT2D eigenvalue weighted by molar-refractivity contribution is 0.0500. The van der Waals surface area contributed by atoms with Gasteiger partial charge in [-0.2, -0.15) is 5.10 Å². The van der Waals surface area contributed by atoms with Crippen molar-refractivity contribution < 1.29 is 5.11 Å². The molecule has 5 nitrogen and oxygen atoms in total. The minimum Gasteiger partial charge on any atom is -0.396 e. The lowest BCUT2D eigenvalue weighted by Gasteiger charge is -2.41. The van der Waals surface area contributed by atoms with Crippen LogP contribution in [-0.4, -0.2) is 57.0 Å². The first kappa shape index (κ1) is 20.1. The van der Waals surface area contributed by atoms with Crippen LogP contribution in [0.2, 0.25) is 5.02 Å². The van der Waals surface area contributed by atoms with E-state index in [2.05, 4.69) is 51.4 Å². The van der Waals surface area contributed by atoms with Gasteiger partial charge in [0.05, 0.1) is 11.9 Å². The molecular formula is C23H27ClN4O. The van der Waals surface area contributed by atoms with Gasteiger partial charge in [0.15, 0.2) is 0 Å². The fourth-order valence-corrected chi connectivity index (χ4v) is 4.19. The van der Waals surface area contributed by atoms with Gasteiger partial charge in [0.25, 0.3) is 0 Å². The summed E-state index contributed by atoms with van der Waals surface area (Å²) in [7, 11) is 0. The Bertz CT molecular complexity index is 914. The molecule has 152 valence electrons. The van der Waals surface area contributed by atoms with E-state index in [1.165, 1.54) is 11.1 Å². The molecule has 2 aromatic carbocycles. The molecule has 0 bridgehead atoms. The first-order valence-corrected chi connectivity index (χ1v) is 10.5. The molecule has 1 aliphatic rings. The van der Waals surface area contributed by atoms with Crippen molar-refractivity contribution in [2.45, 2.75) is 25.6 Å². The van der Waals surface area contributed by atoms with Crippen LogP contribution in [0.15, 0.2) is 67.0 Å². The van der Waals surface area contributed by atoms with E-state index in [0.717, 1.165) is 44.8 Å². The normalized spacial score (nSPS) is 18.2. The van der Waals surface area contributed by atoms with Crippen molar-refractivity contribution in [3.8, 4) is 5.69 Å². The predicted octanol–water partition coefficient (Wildman–Crippen LogP) is 3.59. The Morgan fingerprint density at radius 2 is 1.86 bits per heavy atom. The van der Waals surface area contributed by atoms with Crippen LogP contribution in [0.25, 0.3) is 5.69 Å². The van der Waals surface area contributed by atoms with Crippen LogP contribution < -0.4 is 0 Å². The van der Waals surface area contributed by atoms with Crippen molar-refractivity contribution in [2.24, 2.45) is 0 Å². The molecule has 3 aromatic rings. The van der Waals surface area contributed by atoms with Gasteiger partial charge in [0, 0.05) is 62.2 Å². The van der Waals surface area contributed by atoms with Crippen LogP contribution in [0.1, 0.15) is 17.5 Å². The average Bonchev–Trinajstić information content (AvgIpc) is 3.19. The molecule has 1 N–H and O–H groups in total. The van der Waals surface area contributed by atoms with E-state index in [9.17, 15) is 5.11 Å². The van der Waals surface area contributed by atoms with Gasteiger partial charge in [0.1, 0.15) is 0 Å². The Hall–Kier alpha value is -2.18. The molecule has 2 heterocycles. The maximum Gasteiger partial charge on any atom is 0.0660 e. The summed E-state index contributed by atoms with van der Waals surface area (Å²) in [5.74, 6) is 0. The lowest BCUT2D eigenvalue weighted by atomic mass is 10.1. The van der Waals surface area contributed by atoms with Crippen molar-refractivity contribution in [3.63, 3.8) is 0 Å². The number of nitrogens with zero attached hydrogens (tertiary/aromatic N) is 4. The number of aliphatic hydroxyl groups excluding tert-OH is 1. The number of aliphatic hydroxyl groups is 1. The number of benzene rings is 2. The molecule has 1 saturated heterocycles. The van der Waals surface area contributed by atoms with E-state index in [1.54, 1.807) is 0 Å². The number of hydrogen-bond donors (Lipinski definition) is 1. The lowest BCUT2D eigenvalue weighted by Crippen LogP contribution is -2.52. The van der Waals surface area contributed by atoms with Gasteiger partial charge in [-0.05, 0) is 30.2 Å². The topological polar surface area (TPSA) is 44.5 Å². The number of hydrogen-bond acceptors (Lipinski definition) is 4. The molecule has 0 unspecified atom stereocenters. The van der Waals surface area contributed by atoms with E-state index in [4.69, 9.17) is 11.6 Å². The summed E-state index contributed by atoms with van der Waals surface area (Å²) in [5.41, 5.74) is 3.48. The molecular weight excluding hydrogens is 384 g/mol. The third kappa shape index (κ3) is 5.25. The second-order valence-electron chi connectivity index (χ2n) is 7.63. The quantitative estimate of drug-likeness (QED) is 0.646. The first-order chi connectivity index (χ1) is 14.2. The highest BCUT2D eigenvalue weighted by Gasteiger charge is 2.26.